The first-order valence-electron chi connectivity index (χ1n) is 9.54. The fourth-order valence-corrected chi connectivity index (χ4v) is 5.16. The summed E-state index contributed by atoms with van der Waals surface area (Å²) in [5.41, 5.74) is 8.68. The number of benzene rings is 5. The lowest BCUT2D eigenvalue weighted by Crippen LogP contribution is -2.34. The Morgan fingerprint density at radius 1 is 0.667 bits per heavy atom. The van der Waals surface area contributed by atoms with Gasteiger partial charge in [-0.2, -0.15) is 4.99 Å². The molecule has 0 radical (unpaired) electrons. The van der Waals surface area contributed by atoms with Crippen LogP contribution in [0.4, 0.5) is 0 Å². The van der Waals surface area contributed by atoms with Crippen LogP contribution < -0.4 is 11.1 Å². The number of rotatable bonds is 0. The maximum atomic E-state index is 12.5. The van der Waals surface area contributed by atoms with Gasteiger partial charge in [0.2, 0.25) is 0 Å². The van der Waals surface area contributed by atoms with Crippen molar-refractivity contribution in [3.05, 3.63) is 70.8 Å². The molecule has 6 nitrogen and oxygen atoms in total. The number of carbonyl (C=O) groups excluding carboxylic acids is 2. The van der Waals surface area contributed by atoms with E-state index >= 15 is 0 Å². The highest BCUT2D eigenvalue weighted by Crippen LogP contribution is 2.44. The van der Waals surface area contributed by atoms with Gasteiger partial charge >= 0.3 is 0 Å². The molecule has 0 saturated heterocycles. The Kier molecular flexibility index (Phi) is 2.50. The van der Waals surface area contributed by atoms with Gasteiger partial charge in [-0.05, 0) is 56.6 Å². The van der Waals surface area contributed by atoms with Crippen molar-refractivity contribution in [3.63, 3.8) is 0 Å². The van der Waals surface area contributed by atoms with Crippen LogP contribution in [-0.4, -0.2) is 23.5 Å². The number of nitrogens with zero attached hydrogens (tertiary/aromatic N) is 1. The number of carbonyl (C=O) groups is 2. The zero-order valence-electron chi connectivity index (χ0n) is 15.5. The first kappa shape index (κ1) is 15.6. The van der Waals surface area contributed by atoms with Crippen LogP contribution in [0.15, 0.2) is 53.5 Å². The molecule has 0 fully saturated rings. The molecule has 6 heteroatoms. The molecule has 2 heterocycles. The number of fused-ring (bicyclic) bond motifs is 2. The highest BCUT2D eigenvalue weighted by Gasteiger charge is 2.28. The predicted octanol–water partition coefficient (Wildman–Crippen LogP) is 3.67. The van der Waals surface area contributed by atoms with Gasteiger partial charge in [0.15, 0.2) is 0 Å². The zero-order valence-corrected chi connectivity index (χ0v) is 15.5. The molecule has 140 valence electrons. The summed E-state index contributed by atoms with van der Waals surface area (Å²) in [6.45, 7) is 0. The molecule has 0 atom stereocenters. The summed E-state index contributed by atoms with van der Waals surface area (Å²) in [6.07, 6.45) is 0. The maximum Gasteiger partial charge on any atom is 0.279 e. The second-order valence-electron chi connectivity index (χ2n) is 7.77. The molecule has 0 aliphatic carbocycles. The first-order chi connectivity index (χ1) is 14.5. The number of hydrogen-bond donors (Lipinski definition) is 3. The quantitative estimate of drug-likeness (QED) is 0.278. The molecular formula is C24H12N4O2. The average molecular weight is 388 g/mol. The molecule has 0 spiro atoms. The van der Waals surface area contributed by atoms with Gasteiger partial charge in [-0.15, -0.1) is 0 Å². The molecule has 5 aromatic carbocycles. The largest absolute Gasteiger partial charge is 0.383 e. The molecule has 30 heavy (non-hydrogen) atoms. The first-order valence-corrected chi connectivity index (χ1v) is 9.54. The lowest BCUT2D eigenvalue weighted by atomic mass is 9.83. The summed E-state index contributed by atoms with van der Waals surface area (Å²) >= 11 is 0. The smallest absolute Gasteiger partial charge is 0.279 e. The van der Waals surface area contributed by atoms with E-state index in [1.807, 2.05) is 42.5 Å². The summed E-state index contributed by atoms with van der Waals surface area (Å²) in [6, 6.07) is 15.3. The lowest BCUT2D eigenvalue weighted by Gasteiger charge is -2.23. The van der Waals surface area contributed by atoms with Crippen LogP contribution in [0.2, 0.25) is 0 Å². The Morgan fingerprint density at radius 3 is 1.80 bits per heavy atom. The van der Waals surface area contributed by atoms with Crippen molar-refractivity contribution >= 4 is 66.6 Å². The third-order valence-electron chi connectivity index (χ3n) is 6.38. The number of nitrogens with one attached hydrogen (secondary N) is 2. The summed E-state index contributed by atoms with van der Waals surface area (Å²) in [4.78, 5) is 29.0. The fraction of sp³-hybridized carbons (Fsp3) is 0. The number of nitrogens with two attached hydrogens (primary N) is 1. The summed E-state index contributed by atoms with van der Waals surface area (Å²) < 4.78 is 0. The molecule has 0 aromatic heterocycles. The van der Waals surface area contributed by atoms with Crippen molar-refractivity contribution in [2.24, 2.45) is 10.7 Å². The third kappa shape index (κ3) is 1.58. The van der Waals surface area contributed by atoms with Gasteiger partial charge in [0.1, 0.15) is 11.7 Å². The third-order valence-corrected chi connectivity index (χ3v) is 6.38. The summed E-state index contributed by atoms with van der Waals surface area (Å²) in [5, 5.41) is 18.4. The van der Waals surface area contributed by atoms with Gasteiger partial charge in [-0.3, -0.25) is 15.0 Å². The van der Waals surface area contributed by atoms with Crippen molar-refractivity contribution in [1.29, 1.82) is 5.41 Å². The monoisotopic (exact) mass is 388 g/mol. The van der Waals surface area contributed by atoms with Gasteiger partial charge in [-0.25, -0.2) is 0 Å². The highest BCUT2D eigenvalue weighted by atomic mass is 16.2. The minimum atomic E-state index is -0.329. The van der Waals surface area contributed by atoms with E-state index in [4.69, 9.17) is 11.1 Å². The number of amidine groups is 2. The molecule has 2 aliphatic heterocycles. The Hall–Kier alpha value is -4.32. The standard InChI is InChI=1S/C24H12N4O2/c25-21-13-5-1-9-11-3-7-16-20-14(22(26)28-24(16)30)6-2-10(18(11)20)12-4-8-15(23(29)27-21)19(13)17(9)12/h1-8H,(H2,25,27,29)(H2,26,28,30). The Labute approximate surface area is 168 Å². The fourth-order valence-electron chi connectivity index (χ4n) is 5.16. The van der Waals surface area contributed by atoms with E-state index in [2.05, 4.69) is 10.3 Å². The average Bonchev–Trinajstić information content (AvgIpc) is 2.74. The second kappa shape index (κ2) is 4.80. The lowest BCUT2D eigenvalue weighted by molar-refractivity contribution is 0.0975. The molecule has 2 aliphatic rings. The van der Waals surface area contributed by atoms with E-state index in [1.165, 1.54) is 0 Å². The van der Waals surface area contributed by atoms with E-state index in [1.54, 1.807) is 6.07 Å². The van der Waals surface area contributed by atoms with Crippen LogP contribution in [-0.2, 0) is 0 Å². The van der Waals surface area contributed by atoms with Crippen LogP contribution in [0.1, 0.15) is 31.8 Å². The Bertz CT molecular complexity index is 1590. The van der Waals surface area contributed by atoms with Crippen molar-refractivity contribution in [2.45, 2.75) is 0 Å². The van der Waals surface area contributed by atoms with Gasteiger partial charge in [-0.1, -0.05) is 24.3 Å². The summed E-state index contributed by atoms with van der Waals surface area (Å²) in [5.74, 6) is -0.245. The SMILES string of the molecule is N=C1NC(=O)c2ccc3c4ccc5c6c(ccc(c7ccc1c2c73)c64)C(=O)N=C5N. The highest BCUT2D eigenvalue weighted by molar-refractivity contribution is 6.41. The van der Waals surface area contributed by atoms with Gasteiger partial charge < -0.3 is 11.1 Å². The van der Waals surface area contributed by atoms with E-state index in [0.29, 0.717) is 16.7 Å². The molecule has 2 amide bonds. The normalized spacial score (nSPS) is 15.5. The molecule has 7 rings (SSSR count). The van der Waals surface area contributed by atoms with Crippen LogP contribution >= 0.6 is 0 Å². The number of hydrogen-bond acceptors (Lipinski definition) is 4. The molecule has 0 saturated carbocycles. The maximum absolute atomic E-state index is 12.5. The van der Waals surface area contributed by atoms with Gasteiger partial charge in [0, 0.05) is 27.5 Å². The minimum absolute atomic E-state index is 0.113. The predicted molar refractivity (Wildman–Crippen MR) is 117 cm³/mol. The van der Waals surface area contributed by atoms with Crippen LogP contribution in [0.3, 0.4) is 0 Å². The number of amides is 2. The van der Waals surface area contributed by atoms with Gasteiger partial charge in [0.25, 0.3) is 11.8 Å². The topological polar surface area (TPSA) is 108 Å². The van der Waals surface area contributed by atoms with Crippen LogP contribution in [0, 0.1) is 5.41 Å². The Balaban J connectivity index is 1.82. The second-order valence-corrected chi connectivity index (χ2v) is 7.77. The molecular weight excluding hydrogens is 376 g/mol. The molecule has 5 aromatic rings. The van der Waals surface area contributed by atoms with Crippen LogP contribution in [0.5, 0.6) is 0 Å². The minimum Gasteiger partial charge on any atom is -0.383 e. The van der Waals surface area contributed by atoms with Crippen molar-refractivity contribution in [1.82, 2.24) is 5.32 Å². The van der Waals surface area contributed by atoms with E-state index in [-0.39, 0.29) is 23.5 Å². The zero-order chi connectivity index (χ0) is 20.3. The van der Waals surface area contributed by atoms with Gasteiger partial charge in [0.05, 0.1) is 5.56 Å². The van der Waals surface area contributed by atoms with Crippen molar-refractivity contribution < 1.29 is 9.59 Å². The van der Waals surface area contributed by atoms with Crippen LogP contribution in [0.25, 0.3) is 43.1 Å². The summed E-state index contributed by atoms with van der Waals surface area (Å²) in [7, 11) is 0. The van der Waals surface area contributed by atoms with Crippen molar-refractivity contribution in [2.75, 3.05) is 0 Å². The molecule has 4 N–H and O–H groups in total. The molecule has 0 unspecified atom stereocenters. The molecule has 0 bridgehead atoms. The Morgan fingerprint density at radius 2 is 1.17 bits per heavy atom. The van der Waals surface area contributed by atoms with E-state index < -0.39 is 0 Å². The number of aliphatic imine (C=N–C) groups is 1. The van der Waals surface area contributed by atoms with E-state index in [9.17, 15) is 9.59 Å². The van der Waals surface area contributed by atoms with Crippen molar-refractivity contribution in [3.8, 4) is 0 Å². The van der Waals surface area contributed by atoms with E-state index in [0.717, 1.165) is 48.7 Å².